The molecule has 0 bridgehead atoms. The van der Waals surface area contributed by atoms with Crippen molar-refractivity contribution < 1.29 is 13.2 Å². The van der Waals surface area contributed by atoms with Crippen molar-refractivity contribution >= 4 is 21.4 Å². The molecule has 7 heteroatoms. The number of carbonyl (C=O) groups excluding carboxylic acids is 1. The lowest BCUT2D eigenvalue weighted by Crippen LogP contribution is -2.39. The molecule has 1 atom stereocenters. The summed E-state index contributed by atoms with van der Waals surface area (Å²) >= 11 is 0. The van der Waals surface area contributed by atoms with E-state index >= 15 is 0 Å². The molecule has 0 saturated heterocycles. The van der Waals surface area contributed by atoms with Crippen molar-refractivity contribution in [3.8, 4) is 0 Å². The third kappa shape index (κ3) is 2.45. The van der Waals surface area contributed by atoms with Gasteiger partial charge in [0.05, 0.1) is 16.8 Å². The molecule has 1 heterocycles. The summed E-state index contributed by atoms with van der Waals surface area (Å²) in [7, 11) is -3.76. The first kappa shape index (κ1) is 12.8. The SMILES string of the molecule is CC(C(=O)NC1CC1)S(=O)(=O)c1ccncc1N. The number of nitrogens with zero attached hydrogens (tertiary/aromatic N) is 1. The van der Waals surface area contributed by atoms with Gasteiger partial charge in [0.15, 0.2) is 9.84 Å². The van der Waals surface area contributed by atoms with Gasteiger partial charge in [-0.15, -0.1) is 0 Å². The highest BCUT2D eigenvalue weighted by atomic mass is 32.2. The smallest absolute Gasteiger partial charge is 0.238 e. The van der Waals surface area contributed by atoms with E-state index in [1.54, 1.807) is 0 Å². The topological polar surface area (TPSA) is 102 Å². The quantitative estimate of drug-likeness (QED) is 0.807. The molecule has 2 rings (SSSR count). The van der Waals surface area contributed by atoms with Gasteiger partial charge < -0.3 is 11.1 Å². The Labute approximate surface area is 106 Å². The van der Waals surface area contributed by atoms with Crippen molar-refractivity contribution in [2.24, 2.45) is 0 Å². The molecule has 6 nitrogen and oxygen atoms in total. The fraction of sp³-hybridized carbons (Fsp3) is 0.455. The van der Waals surface area contributed by atoms with E-state index in [2.05, 4.69) is 10.3 Å². The number of amides is 1. The summed E-state index contributed by atoms with van der Waals surface area (Å²) in [5.41, 5.74) is 5.64. The van der Waals surface area contributed by atoms with Crippen molar-refractivity contribution in [3.63, 3.8) is 0 Å². The number of nitrogen functional groups attached to an aromatic ring is 1. The molecule has 1 saturated carbocycles. The number of hydrogen-bond acceptors (Lipinski definition) is 5. The molecular weight excluding hydrogens is 254 g/mol. The van der Waals surface area contributed by atoms with E-state index in [1.165, 1.54) is 25.4 Å². The Morgan fingerprint density at radius 2 is 2.22 bits per heavy atom. The van der Waals surface area contributed by atoms with E-state index < -0.39 is 21.0 Å². The third-order valence-corrected chi connectivity index (χ3v) is 5.00. The molecule has 1 aliphatic rings. The monoisotopic (exact) mass is 269 g/mol. The number of nitrogens with two attached hydrogens (primary N) is 1. The fourth-order valence-corrected chi connectivity index (χ4v) is 2.89. The van der Waals surface area contributed by atoms with Gasteiger partial charge in [0, 0.05) is 12.2 Å². The van der Waals surface area contributed by atoms with Crippen molar-refractivity contribution in [2.45, 2.75) is 36.0 Å². The fourth-order valence-electron chi connectivity index (χ4n) is 1.53. The maximum absolute atomic E-state index is 12.2. The van der Waals surface area contributed by atoms with Crippen LogP contribution in [0.1, 0.15) is 19.8 Å². The van der Waals surface area contributed by atoms with Gasteiger partial charge in [0.25, 0.3) is 0 Å². The van der Waals surface area contributed by atoms with Crippen LogP contribution in [0.5, 0.6) is 0 Å². The van der Waals surface area contributed by atoms with E-state index in [0.717, 1.165) is 12.8 Å². The summed E-state index contributed by atoms with van der Waals surface area (Å²) in [6.07, 6.45) is 4.43. The Morgan fingerprint density at radius 3 is 2.78 bits per heavy atom. The summed E-state index contributed by atoms with van der Waals surface area (Å²) in [6.45, 7) is 1.37. The van der Waals surface area contributed by atoms with Gasteiger partial charge in [-0.25, -0.2) is 8.42 Å². The number of carbonyl (C=O) groups is 1. The molecular formula is C11H15N3O3S. The lowest BCUT2D eigenvalue weighted by atomic mass is 10.4. The standard InChI is InChI=1S/C11H15N3O3S/c1-7(11(15)14-8-2-3-8)18(16,17)10-4-5-13-6-9(10)12/h4-8H,2-3,12H2,1H3,(H,14,15). The number of sulfone groups is 1. The van der Waals surface area contributed by atoms with Crippen LogP contribution in [-0.2, 0) is 14.6 Å². The summed E-state index contributed by atoms with van der Waals surface area (Å²) < 4.78 is 24.5. The molecule has 1 aromatic heterocycles. The Kier molecular flexibility index (Phi) is 3.25. The Morgan fingerprint density at radius 1 is 1.56 bits per heavy atom. The average Bonchev–Trinajstić information content (AvgIpc) is 3.12. The predicted molar refractivity (Wildman–Crippen MR) is 66.5 cm³/mol. The molecule has 1 aromatic rings. The van der Waals surface area contributed by atoms with Gasteiger partial charge in [-0.05, 0) is 25.8 Å². The van der Waals surface area contributed by atoms with Gasteiger partial charge in [-0.2, -0.15) is 0 Å². The van der Waals surface area contributed by atoms with E-state index in [0.29, 0.717) is 0 Å². The normalized spacial score (nSPS) is 17.2. The molecule has 98 valence electrons. The van der Waals surface area contributed by atoms with Crippen molar-refractivity contribution in [1.82, 2.24) is 10.3 Å². The van der Waals surface area contributed by atoms with Crippen LogP contribution in [0.15, 0.2) is 23.4 Å². The van der Waals surface area contributed by atoms with E-state index in [9.17, 15) is 13.2 Å². The first-order valence-corrected chi connectivity index (χ1v) is 7.21. The first-order chi connectivity index (χ1) is 8.43. The Bertz CT molecular complexity index is 567. The van der Waals surface area contributed by atoms with Crippen LogP contribution >= 0.6 is 0 Å². The van der Waals surface area contributed by atoms with Crippen molar-refractivity contribution in [2.75, 3.05) is 5.73 Å². The molecule has 0 spiro atoms. The van der Waals surface area contributed by atoms with Crippen LogP contribution in [0, 0.1) is 0 Å². The van der Waals surface area contributed by atoms with Crippen LogP contribution in [0.25, 0.3) is 0 Å². The van der Waals surface area contributed by atoms with Crippen LogP contribution in [-0.4, -0.2) is 30.6 Å². The van der Waals surface area contributed by atoms with Crippen molar-refractivity contribution in [3.05, 3.63) is 18.5 Å². The van der Waals surface area contributed by atoms with E-state index in [4.69, 9.17) is 5.73 Å². The van der Waals surface area contributed by atoms with Gasteiger partial charge >= 0.3 is 0 Å². The van der Waals surface area contributed by atoms with Gasteiger partial charge in [0.1, 0.15) is 5.25 Å². The Balaban J connectivity index is 2.24. The second kappa shape index (κ2) is 4.56. The lowest BCUT2D eigenvalue weighted by molar-refractivity contribution is -0.120. The zero-order chi connectivity index (χ0) is 13.3. The minimum atomic E-state index is -3.76. The lowest BCUT2D eigenvalue weighted by Gasteiger charge is -2.14. The number of pyridine rings is 1. The highest BCUT2D eigenvalue weighted by Crippen LogP contribution is 2.23. The average molecular weight is 269 g/mol. The van der Waals surface area contributed by atoms with Crippen LogP contribution < -0.4 is 11.1 Å². The maximum Gasteiger partial charge on any atom is 0.238 e. The summed E-state index contributed by atoms with van der Waals surface area (Å²) in [5.74, 6) is -0.478. The first-order valence-electron chi connectivity index (χ1n) is 5.66. The molecule has 3 N–H and O–H groups in total. The number of aromatic nitrogens is 1. The minimum absolute atomic E-state index is 0.0454. The van der Waals surface area contributed by atoms with Gasteiger partial charge in [0.2, 0.25) is 5.91 Å². The number of rotatable bonds is 4. The van der Waals surface area contributed by atoms with Gasteiger partial charge in [-0.3, -0.25) is 9.78 Å². The van der Waals surface area contributed by atoms with Crippen LogP contribution in [0.2, 0.25) is 0 Å². The van der Waals surface area contributed by atoms with Crippen molar-refractivity contribution in [1.29, 1.82) is 0 Å². The zero-order valence-electron chi connectivity index (χ0n) is 9.96. The molecule has 1 aliphatic carbocycles. The van der Waals surface area contributed by atoms with E-state index in [1.807, 2.05) is 0 Å². The molecule has 1 amide bonds. The van der Waals surface area contributed by atoms with Crippen LogP contribution in [0.4, 0.5) is 5.69 Å². The molecule has 1 unspecified atom stereocenters. The minimum Gasteiger partial charge on any atom is -0.396 e. The predicted octanol–water partition coefficient (Wildman–Crippen LogP) is 0.105. The summed E-state index contributed by atoms with van der Waals surface area (Å²) in [4.78, 5) is 15.5. The Hall–Kier alpha value is -1.63. The molecule has 1 fully saturated rings. The number of anilines is 1. The molecule has 0 aliphatic heterocycles. The highest BCUT2D eigenvalue weighted by molar-refractivity contribution is 7.93. The highest BCUT2D eigenvalue weighted by Gasteiger charge is 2.34. The molecule has 18 heavy (non-hydrogen) atoms. The van der Waals surface area contributed by atoms with Crippen LogP contribution in [0.3, 0.4) is 0 Å². The second-order valence-electron chi connectivity index (χ2n) is 4.38. The molecule has 0 aromatic carbocycles. The third-order valence-electron chi connectivity index (χ3n) is 2.88. The summed E-state index contributed by atoms with van der Waals surface area (Å²) in [6, 6.07) is 1.44. The number of hydrogen-bond donors (Lipinski definition) is 2. The summed E-state index contributed by atoms with van der Waals surface area (Å²) in [5, 5.41) is 1.52. The second-order valence-corrected chi connectivity index (χ2v) is 6.62. The largest absolute Gasteiger partial charge is 0.396 e. The molecule has 0 radical (unpaired) electrons. The van der Waals surface area contributed by atoms with E-state index in [-0.39, 0.29) is 16.6 Å². The maximum atomic E-state index is 12.2. The van der Waals surface area contributed by atoms with Gasteiger partial charge in [-0.1, -0.05) is 0 Å². The zero-order valence-corrected chi connectivity index (χ0v) is 10.8. The number of nitrogens with one attached hydrogen (secondary N) is 1.